The highest BCUT2D eigenvalue weighted by molar-refractivity contribution is 6.17. The first-order chi connectivity index (χ1) is 6.31. The Morgan fingerprint density at radius 1 is 1.62 bits per heavy atom. The van der Waals surface area contributed by atoms with Crippen molar-refractivity contribution >= 4 is 18.7 Å². The molecule has 0 fully saturated rings. The van der Waals surface area contributed by atoms with Crippen molar-refractivity contribution in [3.63, 3.8) is 0 Å². The highest BCUT2D eigenvalue weighted by Crippen LogP contribution is 2.13. The zero-order valence-corrected chi connectivity index (χ0v) is 6.88. The molecule has 2 aromatic rings. The molecule has 0 unspecified atom stereocenters. The van der Waals surface area contributed by atoms with Gasteiger partial charge in [-0.25, -0.2) is 9.67 Å². The minimum atomic E-state index is 0.288. The summed E-state index contributed by atoms with van der Waals surface area (Å²) in [6, 6.07) is 1.59. The lowest BCUT2D eigenvalue weighted by atomic mass is 10.4. The molecule has 0 atom stereocenters. The number of aryl methyl sites for hydroxylation is 1. The van der Waals surface area contributed by atoms with Gasteiger partial charge < -0.3 is 9.68 Å². The first kappa shape index (κ1) is 8.00. The topological polar surface area (TPSA) is 73.1 Å². The largest absolute Gasteiger partial charge is 0.570 e. The van der Waals surface area contributed by atoms with E-state index in [0.717, 1.165) is 5.52 Å². The van der Waals surface area contributed by atoms with E-state index in [-0.39, 0.29) is 5.88 Å². The van der Waals surface area contributed by atoms with Gasteiger partial charge >= 0.3 is 7.69 Å². The van der Waals surface area contributed by atoms with E-state index in [0.29, 0.717) is 13.2 Å². The van der Waals surface area contributed by atoms with Gasteiger partial charge in [-0.2, -0.15) is 0 Å². The summed E-state index contributed by atoms with van der Waals surface area (Å²) in [7, 11) is 2.35. The minimum Gasteiger partial charge on any atom is -0.523 e. The van der Waals surface area contributed by atoms with Crippen molar-refractivity contribution in [3.05, 3.63) is 12.3 Å². The molecule has 0 amide bonds. The van der Waals surface area contributed by atoms with Crippen molar-refractivity contribution in [2.45, 2.75) is 0 Å². The van der Waals surface area contributed by atoms with Gasteiger partial charge in [0.25, 0.3) is 0 Å². The normalized spacial score (nSPS) is 10.3. The van der Waals surface area contributed by atoms with Gasteiger partial charge in [-0.1, -0.05) is 5.21 Å². The van der Waals surface area contributed by atoms with E-state index >= 15 is 0 Å². The van der Waals surface area contributed by atoms with Crippen LogP contribution in [0.5, 0.6) is 5.88 Å². The molecule has 0 saturated carbocycles. The second-order valence-electron chi connectivity index (χ2n) is 2.45. The molecule has 65 valence electrons. The van der Waals surface area contributed by atoms with Crippen LogP contribution >= 0.6 is 0 Å². The van der Waals surface area contributed by atoms with E-state index in [1.165, 1.54) is 0 Å². The lowest BCUT2D eigenvalue weighted by Crippen LogP contribution is -2.01. The Balaban J connectivity index is 2.50. The molecule has 0 aromatic carbocycles. The third kappa shape index (κ3) is 1.33. The fraction of sp³-hybridized carbons (Fsp3) is 0.167. The number of fused-ring (bicyclic) bond motifs is 1. The summed E-state index contributed by atoms with van der Waals surface area (Å²) in [5.74, 6) is 0.288. The minimum absolute atomic E-state index is 0.288. The molecule has 2 rings (SSSR count). The molecule has 0 spiro atoms. The van der Waals surface area contributed by atoms with Gasteiger partial charge in [0.2, 0.25) is 0 Å². The first-order valence-electron chi connectivity index (χ1n) is 3.59. The van der Waals surface area contributed by atoms with Crippen molar-refractivity contribution in [2.24, 2.45) is 7.05 Å². The van der Waals surface area contributed by atoms with Crippen molar-refractivity contribution in [1.82, 2.24) is 20.0 Å². The highest BCUT2D eigenvalue weighted by Gasteiger charge is 2.03. The molecule has 2 heterocycles. The smallest absolute Gasteiger partial charge is 0.523 e. The molecule has 7 heteroatoms. The predicted octanol–water partition coefficient (Wildman–Crippen LogP) is -0.731. The summed E-state index contributed by atoms with van der Waals surface area (Å²) in [6.45, 7) is 0. The van der Waals surface area contributed by atoms with Gasteiger partial charge in [0, 0.05) is 13.1 Å². The second kappa shape index (κ2) is 3.02. The predicted molar refractivity (Wildman–Crippen MR) is 44.9 cm³/mol. The zero-order valence-electron chi connectivity index (χ0n) is 6.88. The van der Waals surface area contributed by atoms with E-state index in [2.05, 4.69) is 20.0 Å². The summed E-state index contributed by atoms with van der Waals surface area (Å²) in [6.07, 6.45) is 1.58. The highest BCUT2D eigenvalue weighted by atomic mass is 16.5. The Kier molecular flexibility index (Phi) is 1.86. The zero-order chi connectivity index (χ0) is 9.26. The molecule has 1 radical (unpaired) electrons. The van der Waals surface area contributed by atoms with Gasteiger partial charge in [-0.15, -0.1) is 5.10 Å². The van der Waals surface area contributed by atoms with Crippen LogP contribution in [0.15, 0.2) is 12.3 Å². The molecule has 0 aliphatic rings. The number of aromatic nitrogens is 4. The monoisotopic (exact) mass is 177 g/mol. The molecular formula is C6H6BN4O2. The summed E-state index contributed by atoms with van der Waals surface area (Å²) in [4.78, 5) is 3.92. The molecule has 0 aliphatic heterocycles. The fourth-order valence-corrected chi connectivity index (χ4v) is 1.03. The maximum atomic E-state index is 8.37. The number of nitrogens with zero attached hydrogens (tertiary/aromatic N) is 4. The van der Waals surface area contributed by atoms with Crippen LogP contribution in [-0.4, -0.2) is 32.7 Å². The lowest BCUT2D eigenvalue weighted by Gasteiger charge is -1.98. The summed E-state index contributed by atoms with van der Waals surface area (Å²) in [5, 5.41) is 16.0. The average molecular weight is 177 g/mol. The van der Waals surface area contributed by atoms with Crippen LogP contribution in [0.3, 0.4) is 0 Å². The second-order valence-corrected chi connectivity index (χ2v) is 2.45. The van der Waals surface area contributed by atoms with Gasteiger partial charge in [-0.3, -0.25) is 0 Å². The van der Waals surface area contributed by atoms with Crippen LogP contribution in [0.2, 0.25) is 0 Å². The van der Waals surface area contributed by atoms with Crippen molar-refractivity contribution in [2.75, 3.05) is 0 Å². The summed E-state index contributed by atoms with van der Waals surface area (Å²) >= 11 is 0. The van der Waals surface area contributed by atoms with Crippen LogP contribution in [0, 0.1) is 0 Å². The third-order valence-electron chi connectivity index (χ3n) is 1.65. The van der Waals surface area contributed by atoms with Gasteiger partial charge in [0.05, 0.1) is 6.20 Å². The molecule has 6 nitrogen and oxygen atoms in total. The molecule has 0 bridgehead atoms. The van der Waals surface area contributed by atoms with Crippen molar-refractivity contribution in [1.29, 1.82) is 0 Å². The first-order valence-corrected chi connectivity index (χ1v) is 3.59. The van der Waals surface area contributed by atoms with Crippen LogP contribution in [0.1, 0.15) is 0 Å². The van der Waals surface area contributed by atoms with Crippen LogP contribution in [0.25, 0.3) is 11.0 Å². The Labute approximate surface area is 74.5 Å². The molecular weight excluding hydrogens is 171 g/mol. The van der Waals surface area contributed by atoms with Crippen LogP contribution in [0.4, 0.5) is 0 Å². The van der Waals surface area contributed by atoms with E-state index in [4.69, 9.17) is 5.02 Å². The lowest BCUT2D eigenvalue weighted by molar-refractivity contribution is 0.443. The maximum absolute atomic E-state index is 8.37. The molecule has 13 heavy (non-hydrogen) atoms. The Morgan fingerprint density at radius 2 is 2.46 bits per heavy atom. The van der Waals surface area contributed by atoms with E-state index < -0.39 is 0 Å². The van der Waals surface area contributed by atoms with E-state index in [1.807, 2.05) is 0 Å². The molecule has 0 aliphatic carbocycles. The van der Waals surface area contributed by atoms with Gasteiger partial charge in [0.1, 0.15) is 11.0 Å². The standard InChI is InChI=1S/C6H6BN4O2/c1-11-5-3-8-6(13-7-12)2-4(5)9-10-11/h2-3,12H,1H3. The third-order valence-corrected chi connectivity index (χ3v) is 1.65. The molecule has 0 saturated heterocycles. The quantitative estimate of drug-likeness (QED) is 0.612. The van der Waals surface area contributed by atoms with Gasteiger partial charge in [0.15, 0.2) is 5.88 Å². The fourth-order valence-electron chi connectivity index (χ4n) is 1.03. The van der Waals surface area contributed by atoms with Crippen molar-refractivity contribution in [3.8, 4) is 5.88 Å². The van der Waals surface area contributed by atoms with Crippen LogP contribution in [-0.2, 0) is 7.05 Å². The molecule has 2 aromatic heterocycles. The Bertz CT molecular complexity index is 429. The van der Waals surface area contributed by atoms with Gasteiger partial charge in [-0.05, 0) is 0 Å². The Morgan fingerprint density at radius 3 is 3.23 bits per heavy atom. The maximum Gasteiger partial charge on any atom is 0.570 e. The van der Waals surface area contributed by atoms with Crippen LogP contribution < -0.4 is 4.65 Å². The SMILES string of the molecule is Cn1nnc2cc(O[B]O)ncc21. The van der Waals surface area contributed by atoms with Crippen molar-refractivity contribution < 1.29 is 9.68 Å². The summed E-state index contributed by atoms with van der Waals surface area (Å²) in [5.41, 5.74) is 1.49. The summed E-state index contributed by atoms with van der Waals surface area (Å²) < 4.78 is 6.27. The molecule has 1 N–H and O–H groups in total. The average Bonchev–Trinajstić information content (AvgIpc) is 2.48. The Hall–Kier alpha value is -1.63. The number of hydrogen-bond donors (Lipinski definition) is 1. The van der Waals surface area contributed by atoms with E-state index in [9.17, 15) is 0 Å². The number of pyridine rings is 1. The number of rotatable bonds is 2. The number of hydrogen-bond acceptors (Lipinski definition) is 5. The van der Waals surface area contributed by atoms with E-state index in [1.54, 1.807) is 24.0 Å².